The van der Waals surface area contributed by atoms with Crippen LogP contribution in [0, 0.1) is 0 Å². The minimum absolute atomic E-state index is 0.431. The monoisotopic (exact) mass is 237 g/mol. The van der Waals surface area contributed by atoms with E-state index >= 15 is 0 Å². The van der Waals surface area contributed by atoms with Crippen LogP contribution >= 0.6 is 0 Å². The zero-order chi connectivity index (χ0) is 11.7. The van der Waals surface area contributed by atoms with E-state index < -0.39 is 10.2 Å². The van der Waals surface area contributed by atoms with Gasteiger partial charge < -0.3 is 5.32 Å². The van der Waals surface area contributed by atoms with Crippen LogP contribution in [0.2, 0.25) is 0 Å². The molecule has 6 heteroatoms. The third kappa shape index (κ3) is 6.83. The van der Waals surface area contributed by atoms with Gasteiger partial charge in [0.05, 0.1) is 0 Å². The Balaban J connectivity index is 3.69. The van der Waals surface area contributed by atoms with Gasteiger partial charge in [-0.15, -0.1) is 0 Å². The molecule has 0 bridgehead atoms. The van der Waals surface area contributed by atoms with Gasteiger partial charge in [-0.25, -0.2) is 4.72 Å². The molecule has 0 saturated heterocycles. The summed E-state index contributed by atoms with van der Waals surface area (Å²) in [5.41, 5.74) is 0. The molecule has 0 aromatic carbocycles. The van der Waals surface area contributed by atoms with Crippen molar-refractivity contribution in [3.63, 3.8) is 0 Å². The fraction of sp³-hybridized carbons (Fsp3) is 1.00. The van der Waals surface area contributed by atoms with Crippen molar-refractivity contribution in [3.05, 3.63) is 0 Å². The van der Waals surface area contributed by atoms with Gasteiger partial charge >= 0.3 is 0 Å². The average molecular weight is 237 g/mol. The fourth-order valence-electron chi connectivity index (χ4n) is 1.14. The molecular formula is C9H23N3O2S. The van der Waals surface area contributed by atoms with Crippen LogP contribution in [0.25, 0.3) is 0 Å². The van der Waals surface area contributed by atoms with Crippen LogP contribution in [-0.4, -0.2) is 45.9 Å². The second-order valence-corrected chi connectivity index (χ2v) is 5.29. The summed E-state index contributed by atoms with van der Waals surface area (Å²) in [5, 5.41) is 3.23. The Labute approximate surface area is 93.4 Å². The Morgan fingerprint density at radius 2 is 1.87 bits per heavy atom. The molecule has 92 valence electrons. The lowest BCUT2D eigenvalue weighted by molar-refractivity contribution is 0.446. The summed E-state index contributed by atoms with van der Waals surface area (Å²) in [4.78, 5) is 0. The van der Waals surface area contributed by atoms with E-state index in [2.05, 4.69) is 17.0 Å². The van der Waals surface area contributed by atoms with Crippen LogP contribution in [-0.2, 0) is 10.2 Å². The molecule has 0 aliphatic heterocycles. The Bertz CT molecular complexity index is 242. The summed E-state index contributed by atoms with van der Waals surface area (Å²) in [6.07, 6.45) is 1.94. The molecule has 0 heterocycles. The van der Waals surface area contributed by atoms with E-state index in [-0.39, 0.29) is 0 Å². The molecule has 0 rings (SSSR count). The minimum atomic E-state index is -3.25. The molecule has 2 N–H and O–H groups in total. The van der Waals surface area contributed by atoms with E-state index in [1.165, 1.54) is 4.31 Å². The van der Waals surface area contributed by atoms with E-state index in [0.717, 1.165) is 25.9 Å². The lowest BCUT2D eigenvalue weighted by atomic mass is 10.4. The van der Waals surface area contributed by atoms with Crippen LogP contribution in [0.4, 0.5) is 0 Å². The first-order valence-corrected chi connectivity index (χ1v) is 6.90. The summed E-state index contributed by atoms with van der Waals surface area (Å²) in [5.74, 6) is 0. The molecule has 0 aliphatic rings. The van der Waals surface area contributed by atoms with Crippen molar-refractivity contribution in [2.24, 2.45) is 0 Å². The SMILES string of the molecule is CCCNCCCN(C)S(=O)(=O)NCC. The van der Waals surface area contributed by atoms with Crippen LogP contribution in [0.15, 0.2) is 0 Å². The zero-order valence-corrected chi connectivity index (χ0v) is 10.7. The lowest BCUT2D eigenvalue weighted by Gasteiger charge is -2.16. The standard InChI is InChI=1S/C9H23N3O2S/c1-4-7-10-8-6-9-12(3)15(13,14)11-5-2/h10-11H,4-9H2,1-3H3. The highest BCUT2D eigenvalue weighted by atomic mass is 32.2. The maximum Gasteiger partial charge on any atom is 0.279 e. The largest absolute Gasteiger partial charge is 0.317 e. The molecule has 15 heavy (non-hydrogen) atoms. The van der Waals surface area contributed by atoms with Crippen LogP contribution < -0.4 is 10.0 Å². The van der Waals surface area contributed by atoms with Gasteiger partial charge in [-0.05, 0) is 25.9 Å². The van der Waals surface area contributed by atoms with Gasteiger partial charge in [0.25, 0.3) is 10.2 Å². The summed E-state index contributed by atoms with van der Waals surface area (Å²) in [6, 6.07) is 0. The van der Waals surface area contributed by atoms with E-state index in [0.29, 0.717) is 13.1 Å². The lowest BCUT2D eigenvalue weighted by Crippen LogP contribution is -2.39. The van der Waals surface area contributed by atoms with Crippen molar-refractivity contribution >= 4 is 10.2 Å². The molecule has 0 saturated carbocycles. The van der Waals surface area contributed by atoms with Crippen molar-refractivity contribution in [1.29, 1.82) is 0 Å². The highest BCUT2D eigenvalue weighted by Crippen LogP contribution is 1.94. The number of hydrogen-bond acceptors (Lipinski definition) is 3. The average Bonchev–Trinajstić information content (AvgIpc) is 2.17. The molecule has 0 amide bonds. The molecule has 0 spiro atoms. The first-order valence-electron chi connectivity index (χ1n) is 5.46. The fourth-order valence-corrected chi connectivity index (χ4v) is 2.10. The third-order valence-corrected chi connectivity index (χ3v) is 3.65. The molecule has 0 aromatic rings. The highest BCUT2D eigenvalue weighted by molar-refractivity contribution is 7.87. The summed E-state index contributed by atoms with van der Waals surface area (Å²) in [7, 11) is -1.65. The third-order valence-electron chi connectivity index (χ3n) is 1.99. The van der Waals surface area contributed by atoms with Crippen LogP contribution in [0.3, 0.4) is 0 Å². The van der Waals surface area contributed by atoms with E-state index in [9.17, 15) is 8.42 Å². The molecule has 0 aromatic heterocycles. The maximum absolute atomic E-state index is 11.4. The molecule has 0 aliphatic carbocycles. The van der Waals surface area contributed by atoms with Crippen molar-refractivity contribution in [2.75, 3.05) is 33.2 Å². The summed E-state index contributed by atoms with van der Waals surface area (Å²) < 4.78 is 26.7. The number of nitrogens with zero attached hydrogens (tertiary/aromatic N) is 1. The summed E-state index contributed by atoms with van der Waals surface area (Å²) in [6.45, 7) is 6.71. The molecule has 0 radical (unpaired) electrons. The van der Waals surface area contributed by atoms with E-state index in [1.54, 1.807) is 14.0 Å². The smallest absolute Gasteiger partial charge is 0.279 e. The minimum Gasteiger partial charge on any atom is -0.317 e. The number of hydrogen-bond donors (Lipinski definition) is 2. The van der Waals surface area contributed by atoms with Crippen molar-refractivity contribution in [1.82, 2.24) is 14.3 Å². The Morgan fingerprint density at radius 1 is 1.20 bits per heavy atom. The second kappa shape index (κ2) is 8.04. The zero-order valence-electron chi connectivity index (χ0n) is 9.91. The molecular weight excluding hydrogens is 214 g/mol. The Morgan fingerprint density at radius 3 is 2.40 bits per heavy atom. The predicted octanol–water partition coefficient (Wildman–Crippen LogP) is 0.162. The maximum atomic E-state index is 11.4. The first-order chi connectivity index (χ1) is 7.04. The van der Waals surface area contributed by atoms with E-state index in [1.807, 2.05) is 0 Å². The highest BCUT2D eigenvalue weighted by Gasteiger charge is 2.14. The van der Waals surface area contributed by atoms with Gasteiger partial charge in [-0.2, -0.15) is 12.7 Å². The number of nitrogens with one attached hydrogen (secondary N) is 2. The molecule has 0 fully saturated rings. The molecule has 5 nitrogen and oxygen atoms in total. The van der Waals surface area contributed by atoms with Gasteiger partial charge in [0.1, 0.15) is 0 Å². The Kier molecular flexibility index (Phi) is 7.95. The van der Waals surface area contributed by atoms with Crippen molar-refractivity contribution < 1.29 is 8.42 Å². The van der Waals surface area contributed by atoms with Gasteiger partial charge in [0.2, 0.25) is 0 Å². The van der Waals surface area contributed by atoms with E-state index in [4.69, 9.17) is 0 Å². The molecule has 0 atom stereocenters. The van der Waals surface area contributed by atoms with Crippen LogP contribution in [0.1, 0.15) is 26.7 Å². The van der Waals surface area contributed by atoms with Gasteiger partial charge in [-0.3, -0.25) is 0 Å². The summed E-state index contributed by atoms with van der Waals surface area (Å²) >= 11 is 0. The van der Waals surface area contributed by atoms with Gasteiger partial charge in [0.15, 0.2) is 0 Å². The molecule has 0 unspecified atom stereocenters. The van der Waals surface area contributed by atoms with Gasteiger partial charge in [-0.1, -0.05) is 13.8 Å². The predicted molar refractivity (Wildman–Crippen MR) is 63.0 cm³/mol. The van der Waals surface area contributed by atoms with Gasteiger partial charge in [0, 0.05) is 20.1 Å². The van der Waals surface area contributed by atoms with Crippen molar-refractivity contribution in [3.8, 4) is 0 Å². The number of rotatable bonds is 9. The normalized spacial score (nSPS) is 12.3. The Hall–Kier alpha value is -0.170. The topological polar surface area (TPSA) is 61.4 Å². The second-order valence-electron chi connectivity index (χ2n) is 3.43. The first kappa shape index (κ1) is 14.8. The quantitative estimate of drug-likeness (QED) is 0.562. The van der Waals surface area contributed by atoms with Crippen LogP contribution in [0.5, 0.6) is 0 Å². The van der Waals surface area contributed by atoms with Crippen molar-refractivity contribution in [2.45, 2.75) is 26.7 Å².